The maximum atomic E-state index is 13.0. The second kappa shape index (κ2) is 8.63. The number of benzene rings is 2. The molecule has 2 N–H and O–H groups in total. The number of hydrogen-bond acceptors (Lipinski definition) is 5. The summed E-state index contributed by atoms with van der Waals surface area (Å²) in [4.78, 5) is 26.6. The van der Waals surface area contributed by atoms with Crippen LogP contribution < -0.4 is 10.6 Å². The lowest BCUT2D eigenvalue weighted by Crippen LogP contribution is -2.47. The fourth-order valence-corrected chi connectivity index (χ4v) is 4.01. The van der Waals surface area contributed by atoms with Crippen molar-refractivity contribution in [3.05, 3.63) is 53.1 Å². The summed E-state index contributed by atoms with van der Waals surface area (Å²) >= 11 is 6.06. The van der Waals surface area contributed by atoms with Gasteiger partial charge in [0.2, 0.25) is 5.91 Å². The predicted molar refractivity (Wildman–Crippen MR) is 115 cm³/mol. The first-order valence-corrected chi connectivity index (χ1v) is 10.3. The van der Waals surface area contributed by atoms with Crippen LogP contribution in [0.15, 0.2) is 42.5 Å². The highest BCUT2D eigenvalue weighted by molar-refractivity contribution is 6.30. The molecule has 158 valence electrons. The number of amides is 2. The van der Waals surface area contributed by atoms with Crippen LogP contribution in [-0.2, 0) is 14.3 Å². The third-order valence-corrected chi connectivity index (χ3v) is 5.54. The number of piperidine rings is 1. The number of anilines is 3. The van der Waals surface area contributed by atoms with Gasteiger partial charge in [-0.15, -0.1) is 0 Å². The van der Waals surface area contributed by atoms with Crippen LogP contribution in [0.4, 0.5) is 17.1 Å². The lowest BCUT2D eigenvalue weighted by Gasteiger charge is -2.37. The molecule has 0 radical (unpaired) electrons. The number of rotatable bonds is 4. The molecule has 0 unspecified atom stereocenters. The summed E-state index contributed by atoms with van der Waals surface area (Å²) < 4.78 is 11.5. The molecule has 0 aliphatic carbocycles. The van der Waals surface area contributed by atoms with E-state index in [2.05, 4.69) is 10.6 Å². The van der Waals surface area contributed by atoms with Crippen molar-refractivity contribution >= 4 is 40.5 Å². The van der Waals surface area contributed by atoms with Crippen LogP contribution in [-0.4, -0.2) is 48.8 Å². The average molecular weight is 430 g/mol. The Labute approximate surface area is 180 Å². The number of carbonyl (C=O) groups is 2. The van der Waals surface area contributed by atoms with Crippen molar-refractivity contribution in [3.63, 3.8) is 0 Å². The van der Waals surface area contributed by atoms with E-state index in [1.165, 1.54) is 6.92 Å². The predicted octanol–water partition coefficient (Wildman–Crippen LogP) is 4.02. The largest absolute Gasteiger partial charge is 0.354 e. The minimum Gasteiger partial charge on any atom is -0.354 e. The fourth-order valence-electron chi connectivity index (χ4n) is 3.82. The molecule has 2 aromatic carbocycles. The Morgan fingerprint density at radius 2 is 1.77 bits per heavy atom. The molecule has 8 heteroatoms. The average Bonchev–Trinajstić information content (AvgIpc) is 3.17. The smallest absolute Gasteiger partial charge is 0.253 e. The lowest BCUT2D eigenvalue weighted by atomic mass is 10.0. The maximum absolute atomic E-state index is 13.0. The monoisotopic (exact) mass is 429 g/mol. The van der Waals surface area contributed by atoms with Gasteiger partial charge in [0.15, 0.2) is 5.79 Å². The first-order chi connectivity index (χ1) is 14.4. The van der Waals surface area contributed by atoms with E-state index in [9.17, 15) is 9.59 Å². The number of nitrogens with one attached hydrogen (secondary N) is 2. The fraction of sp³-hybridized carbons (Fsp3) is 0.364. The molecule has 0 atom stereocenters. The molecule has 0 bridgehead atoms. The van der Waals surface area contributed by atoms with Crippen molar-refractivity contribution in [2.45, 2.75) is 25.6 Å². The van der Waals surface area contributed by atoms with E-state index < -0.39 is 5.79 Å². The topological polar surface area (TPSA) is 79.9 Å². The Morgan fingerprint density at radius 3 is 2.43 bits per heavy atom. The van der Waals surface area contributed by atoms with Gasteiger partial charge < -0.3 is 25.0 Å². The summed E-state index contributed by atoms with van der Waals surface area (Å²) in [6.45, 7) is 3.78. The van der Waals surface area contributed by atoms with Crippen LogP contribution in [0.2, 0.25) is 5.02 Å². The zero-order chi connectivity index (χ0) is 21.1. The van der Waals surface area contributed by atoms with Crippen LogP contribution in [0.1, 0.15) is 30.1 Å². The van der Waals surface area contributed by atoms with Crippen LogP contribution in [0.3, 0.4) is 0 Å². The van der Waals surface area contributed by atoms with Gasteiger partial charge in [0, 0.05) is 49.1 Å². The Kier molecular flexibility index (Phi) is 5.94. The molecule has 4 rings (SSSR count). The highest BCUT2D eigenvalue weighted by atomic mass is 35.5. The third kappa shape index (κ3) is 4.59. The summed E-state index contributed by atoms with van der Waals surface area (Å²) in [5, 5.41) is 6.64. The van der Waals surface area contributed by atoms with Gasteiger partial charge in [0.1, 0.15) is 0 Å². The van der Waals surface area contributed by atoms with Gasteiger partial charge in [-0.2, -0.15) is 0 Å². The Balaban J connectivity index is 1.52. The highest BCUT2D eigenvalue weighted by Gasteiger charge is 2.40. The molecule has 2 fully saturated rings. The molecule has 2 aliphatic rings. The van der Waals surface area contributed by atoms with Crippen molar-refractivity contribution in [1.82, 2.24) is 4.90 Å². The van der Waals surface area contributed by atoms with E-state index in [0.717, 1.165) is 5.69 Å². The van der Waals surface area contributed by atoms with E-state index in [4.69, 9.17) is 21.1 Å². The quantitative estimate of drug-likeness (QED) is 0.767. The zero-order valence-electron chi connectivity index (χ0n) is 16.7. The van der Waals surface area contributed by atoms with E-state index >= 15 is 0 Å². The van der Waals surface area contributed by atoms with Gasteiger partial charge in [-0.25, -0.2) is 0 Å². The molecular formula is C22H24ClN3O4. The number of nitrogens with zero attached hydrogens (tertiary/aromatic N) is 1. The zero-order valence-corrected chi connectivity index (χ0v) is 17.5. The Bertz CT molecular complexity index is 949. The lowest BCUT2D eigenvalue weighted by molar-refractivity contribution is -0.181. The number of carbonyl (C=O) groups excluding carboxylic acids is 2. The molecule has 7 nitrogen and oxygen atoms in total. The summed E-state index contributed by atoms with van der Waals surface area (Å²) in [6, 6.07) is 12.5. The molecule has 2 aliphatic heterocycles. The summed E-state index contributed by atoms with van der Waals surface area (Å²) in [5.74, 6) is -0.823. The van der Waals surface area contributed by atoms with Gasteiger partial charge in [0.25, 0.3) is 5.91 Å². The minimum atomic E-state index is -0.525. The van der Waals surface area contributed by atoms with Crippen molar-refractivity contribution in [2.24, 2.45) is 0 Å². The van der Waals surface area contributed by atoms with Gasteiger partial charge in [-0.1, -0.05) is 17.7 Å². The number of ether oxygens (including phenoxy) is 2. The summed E-state index contributed by atoms with van der Waals surface area (Å²) in [5.41, 5.74) is 2.50. The summed E-state index contributed by atoms with van der Waals surface area (Å²) in [7, 11) is 0. The molecule has 2 heterocycles. The molecule has 2 saturated heterocycles. The standard InChI is InChI=1S/C22H24ClN3O4/c1-15(27)24-20-13-16(5-6-19(20)25-18-4-2-3-17(23)14-18)21(28)26-9-7-22(8-10-26)29-11-12-30-22/h2-6,13-14,25H,7-12H2,1H3,(H,24,27). The molecule has 0 aromatic heterocycles. The van der Waals surface area contributed by atoms with E-state index in [1.54, 1.807) is 35.2 Å². The van der Waals surface area contributed by atoms with Crippen molar-refractivity contribution in [3.8, 4) is 0 Å². The highest BCUT2D eigenvalue weighted by Crippen LogP contribution is 2.33. The minimum absolute atomic E-state index is 0.0799. The van der Waals surface area contributed by atoms with Gasteiger partial charge >= 0.3 is 0 Å². The van der Waals surface area contributed by atoms with E-state index in [-0.39, 0.29) is 11.8 Å². The van der Waals surface area contributed by atoms with Crippen molar-refractivity contribution < 1.29 is 19.1 Å². The molecule has 1 spiro atoms. The molecule has 2 aromatic rings. The van der Waals surface area contributed by atoms with Gasteiger partial charge in [0.05, 0.1) is 24.6 Å². The van der Waals surface area contributed by atoms with Gasteiger partial charge in [-0.05, 0) is 36.4 Å². The normalized spacial score (nSPS) is 17.7. The SMILES string of the molecule is CC(=O)Nc1cc(C(=O)N2CCC3(CC2)OCCO3)ccc1Nc1cccc(Cl)c1. The molecule has 0 saturated carbocycles. The maximum Gasteiger partial charge on any atom is 0.253 e. The van der Waals surface area contributed by atoms with Crippen LogP contribution in [0, 0.1) is 0 Å². The first-order valence-electron chi connectivity index (χ1n) is 9.96. The van der Waals surface area contributed by atoms with E-state index in [1.807, 2.05) is 12.1 Å². The van der Waals surface area contributed by atoms with Crippen LogP contribution in [0.25, 0.3) is 0 Å². The number of hydrogen-bond donors (Lipinski definition) is 2. The summed E-state index contributed by atoms with van der Waals surface area (Å²) in [6.07, 6.45) is 1.32. The molecular weight excluding hydrogens is 406 g/mol. The second-order valence-corrected chi connectivity index (χ2v) is 7.91. The number of halogens is 1. The Morgan fingerprint density at radius 1 is 1.03 bits per heavy atom. The van der Waals surface area contributed by atoms with E-state index in [0.29, 0.717) is 61.1 Å². The Hall–Kier alpha value is -2.61. The molecule has 30 heavy (non-hydrogen) atoms. The van der Waals surface area contributed by atoms with Crippen LogP contribution in [0.5, 0.6) is 0 Å². The number of likely N-dealkylation sites (tertiary alicyclic amines) is 1. The third-order valence-electron chi connectivity index (χ3n) is 5.31. The van der Waals surface area contributed by atoms with Gasteiger partial charge in [-0.3, -0.25) is 9.59 Å². The first kappa shape index (κ1) is 20.7. The van der Waals surface area contributed by atoms with Crippen LogP contribution >= 0.6 is 11.6 Å². The van der Waals surface area contributed by atoms with Crippen molar-refractivity contribution in [1.29, 1.82) is 0 Å². The molecule has 2 amide bonds. The van der Waals surface area contributed by atoms with Crippen molar-refractivity contribution in [2.75, 3.05) is 36.9 Å². The second-order valence-electron chi connectivity index (χ2n) is 7.48.